The molecule has 3 heterocycles. The number of piperidine rings is 1. The molecule has 0 bridgehead atoms. The summed E-state index contributed by atoms with van der Waals surface area (Å²) in [6, 6.07) is 2.51. The van der Waals surface area contributed by atoms with Crippen LogP contribution < -0.4 is 10.6 Å². The van der Waals surface area contributed by atoms with E-state index < -0.39 is 11.6 Å². The zero-order valence-electron chi connectivity index (χ0n) is 13.2. The molecule has 2 aromatic heterocycles. The second-order valence-electron chi connectivity index (χ2n) is 6.09. The molecule has 3 N–H and O–H groups in total. The molecule has 0 aliphatic carbocycles. The number of hydrogen-bond donors (Lipinski definition) is 3. The molecule has 5 nitrogen and oxygen atoms in total. The average Bonchev–Trinajstić information content (AvgIpc) is 3.00. The van der Waals surface area contributed by atoms with Crippen LogP contribution in [0.2, 0.25) is 5.02 Å². The van der Waals surface area contributed by atoms with Crippen molar-refractivity contribution in [1.29, 1.82) is 0 Å². The number of anilines is 1. The minimum Gasteiger partial charge on any atom is -0.360 e. The number of nitrogens with zero attached hydrogens (tertiary/aromatic N) is 2. The molecule has 130 valence electrons. The first kappa shape index (κ1) is 16.2. The molecule has 1 aliphatic rings. The van der Waals surface area contributed by atoms with Crippen molar-refractivity contribution >= 4 is 28.5 Å². The van der Waals surface area contributed by atoms with E-state index in [9.17, 15) is 8.78 Å². The van der Waals surface area contributed by atoms with Crippen LogP contribution in [0, 0.1) is 11.6 Å². The van der Waals surface area contributed by atoms with Crippen molar-refractivity contribution in [3.63, 3.8) is 0 Å². The Labute approximate surface area is 147 Å². The van der Waals surface area contributed by atoms with Crippen molar-refractivity contribution < 1.29 is 8.78 Å². The maximum Gasteiger partial charge on any atom is 0.223 e. The largest absolute Gasteiger partial charge is 0.360 e. The molecular weight excluding hydrogens is 348 g/mol. The van der Waals surface area contributed by atoms with Gasteiger partial charge in [0.2, 0.25) is 5.95 Å². The van der Waals surface area contributed by atoms with Gasteiger partial charge in [-0.3, -0.25) is 0 Å². The highest BCUT2D eigenvalue weighted by Crippen LogP contribution is 2.33. The van der Waals surface area contributed by atoms with E-state index in [1.54, 1.807) is 6.20 Å². The SMILES string of the molecule is Fc1cc2[nH]cc(-c3nc(N[C@H]4CCCNC4)ncc3Cl)c2cc1F. The van der Waals surface area contributed by atoms with Gasteiger partial charge in [-0.05, 0) is 25.5 Å². The minimum atomic E-state index is -0.912. The minimum absolute atomic E-state index is 0.247. The van der Waals surface area contributed by atoms with Crippen LogP contribution in [-0.2, 0) is 0 Å². The topological polar surface area (TPSA) is 65.6 Å². The van der Waals surface area contributed by atoms with Crippen LogP contribution in [-0.4, -0.2) is 34.1 Å². The summed E-state index contributed by atoms with van der Waals surface area (Å²) in [5.41, 5.74) is 1.56. The lowest BCUT2D eigenvalue weighted by molar-refractivity contribution is 0.478. The van der Waals surface area contributed by atoms with Crippen LogP contribution >= 0.6 is 11.6 Å². The number of rotatable bonds is 3. The highest BCUT2D eigenvalue weighted by atomic mass is 35.5. The van der Waals surface area contributed by atoms with Gasteiger partial charge >= 0.3 is 0 Å². The van der Waals surface area contributed by atoms with Gasteiger partial charge in [-0.25, -0.2) is 18.7 Å². The molecule has 1 atom stereocenters. The first-order chi connectivity index (χ1) is 12.1. The Bertz CT molecular complexity index is 921. The molecule has 25 heavy (non-hydrogen) atoms. The maximum atomic E-state index is 13.6. The van der Waals surface area contributed by atoms with Crippen molar-refractivity contribution in [3.8, 4) is 11.3 Å². The van der Waals surface area contributed by atoms with Crippen molar-refractivity contribution in [3.05, 3.63) is 41.2 Å². The van der Waals surface area contributed by atoms with Gasteiger partial charge in [0, 0.05) is 41.3 Å². The summed E-state index contributed by atoms with van der Waals surface area (Å²) in [5.74, 6) is -1.35. The first-order valence-corrected chi connectivity index (χ1v) is 8.46. The van der Waals surface area contributed by atoms with Gasteiger partial charge < -0.3 is 15.6 Å². The monoisotopic (exact) mass is 363 g/mol. The number of hydrogen-bond acceptors (Lipinski definition) is 4. The van der Waals surface area contributed by atoms with Crippen LogP contribution in [0.5, 0.6) is 0 Å². The van der Waals surface area contributed by atoms with Gasteiger partial charge in [-0.15, -0.1) is 0 Å². The Kier molecular flexibility index (Phi) is 4.27. The molecule has 8 heteroatoms. The summed E-state index contributed by atoms with van der Waals surface area (Å²) >= 11 is 6.26. The maximum absolute atomic E-state index is 13.6. The Morgan fingerprint density at radius 2 is 2.08 bits per heavy atom. The molecule has 0 radical (unpaired) electrons. The summed E-state index contributed by atoms with van der Waals surface area (Å²) in [4.78, 5) is 11.6. The van der Waals surface area contributed by atoms with E-state index in [0.717, 1.165) is 38.1 Å². The Hall–Kier alpha value is -2.25. The lowest BCUT2D eigenvalue weighted by Gasteiger charge is -2.23. The van der Waals surface area contributed by atoms with Crippen molar-refractivity contribution in [2.24, 2.45) is 0 Å². The highest BCUT2D eigenvalue weighted by molar-refractivity contribution is 6.33. The number of fused-ring (bicyclic) bond motifs is 1. The molecule has 0 spiro atoms. The van der Waals surface area contributed by atoms with E-state index in [0.29, 0.717) is 33.1 Å². The zero-order chi connectivity index (χ0) is 17.4. The van der Waals surface area contributed by atoms with Crippen molar-refractivity contribution in [1.82, 2.24) is 20.3 Å². The summed E-state index contributed by atoms with van der Waals surface area (Å²) in [6.45, 7) is 1.86. The van der Waals surface area contributed by atoms with E-state index >= 15 is 0 Å². The first-order valence-electron chi connectivity index (χ1n) is 8.08. The molecule has 0 saturated carbocycles. The third-order valence-corrected chi connectivity index (χ3v) is 4.63. The lowest BCUT2D eigenvalue weighted by atomic mass is 10.1. The Morgan fingerprint density at radius 1 is 1.24 bits per heavy atom. The summed E-state index contributed by atoms with van der Waals surface area (Å²) in [6.07, 6.45) is 5.28. The fourth-order valence-electron chi connectivity index (χ4n) is 3.10. The van der Waals surface area contributed by atoms with Crippen LogP contribution in [0.1, 0.15) is 12.8 Å². The third-order valence-electron chi connectivity index (χ3n) is 4.35. The Morgan fingerprint density at radius 3 is 2.88 bits per heavy atom. The predicted octanol–water partition coefficient (Wildman–Crippen LogP) is 3.72. The lowest BCUT2D eigenvalue weighted by Crippen LogP contribution is -2.38. The molecule has 0 amide bonds. The molecular formula is C17H16ClF2N5. The second kappa shape index (κ2) is 6.57. The molecule has 4 rings (SSSR count). The average molecular weight is 364 g/mol. The van der Waals surface area contributed by atoms with Crippen LogP contribution in [0.3, 0.4) is 0 Å². The van der Waals surface area contributed by atoms with Crippen molar-refractivity contribution in [2.75, 3.05) is 18.4 Å². The predicted molar refractivity (Wildman–Crippen MR) is 93.8 cm³/mol. The molecule has 1 fully saturated rings. The Balaban J connectivity index is 1.72. The van der Waals surface area contributed by atoms with Crippen LogP contribution in [0.25, 0.3) is 22.2 Å². The summed E-state index contributed by atoms with van der Waals surface area (Å²) in [7, 11) is 0. The molecule has 1 saturated heterocycles. The second-order valence-corrected chi connectivity index (χ2v) is 6.50. The summed E-state index contributed by atoms with van der Waals surface area (Å²) in [5, 5.41) is 7.47. The fraction of sp³-hybridized carbons (Fsp3) is 0.294. The fourth-order valence-corrected chi connectivity index (χ4v) is 3.29. The number of halogens is 3. The molecule has 1 aromatic carbocycles. The molecule has 0 unspecified atom stereocenters. The van der Waals surface area contributed by atoms with Gasteiger partial charge in [0.15, 0.2) is 11.6 Å². The van der Waals surface area contributed by atoms with E-state index in [1.165, 1.54) is 6.20 Å². The number of benzene rings is 1. The number of aromatic nitrogens is 3. The zero-order valence-corrected chi connectivity index (χ0v) is 14.0. The van der Waals surface area contributed by atoms with E-state index in [2.05, 4.69) is 25.6 Å². The standard InChI is InChI=1S/C17H16ClF2N5/c18-12-8-23-17(24-9-2-1-3-21-6-9)25-16(12)11-7-22-15-5-14(20)13(19)4-10(11)15/h4-5,7-9,21-22H,1-3,6H2,(H,23,24,25)/t9-/m0/s1. The van der Waals surface area contributed by atoms with Gasteiger partial charge in [-0.1, -0.05) is 11.6 Å². The van der Waals surface area contributed by atoms with E-state index in [1.807, 2.05) is 0 Å². The van der Waals surface area contributed by atoms with E-state index in [-0.39, 0.29) is 6.04 Å². The number of nitrogens with one attached hydrogen (secondary N) is 3. The number of H-pyrrole nitrogens is 1. The van der Waals surface area contributed by atoms with Crippen LogP contribution in [0.4, 0.5) is 14.7 Å². The smallest absolute Gasteiger partial charge is 0.223 e. The third kappa shape index (κ3) is 3.17. The number of aromatic amines is 1. The highest BCUT2D eigenvalue weighted by Gasteiger charge is 2.17. The quantitative estimate of drug-likeness (QED) is 0.663. The van der Waals surface area contributed by atoms with Gasteiger partial charge in [-0.2, -0.15) is 0 Å². The van der Waals surface area contributed by atoms with Gasteiger partial charge in [0.25, 0.3) is 0 Å². The van der Waals surface area contributed by atoms with E-state index in [4.69, 9.17) is 11.6 Å². The normalized spacial score (nSPS) is 17.8. The van der Waals surface area contributed by atoms with Crippen LogP contribution in [0.15, 0.2) is 24.5 Å². The van der Waals surface area contributed by atoms with Gasteiger partial charge in [0.1, 0.15) is 0 Å². The molecule has 1 aliphatic heterocycles. The van der Waals surface area contributed by atoms with Crippen molar-refractivity contribution in [2.45, 2.75) is 18.9 Å². The molecule has 3 aromatic rings. The summed E-state index contributed by atoms with van der Waals surface area (Å²) < 4.78 is 27.0. The van der Waals surface area contributed by atoms with Gasteiger partial charge in [0.05, 0.1) is 16.9 Å².